The van der Waals surface area contributed by atoms with Crippen LogP contribution in [0.25, 0.3) is 0 Å². The van der Waals surface area contributed by atoms with E-state index in [4.69, 9.17) is 10.5 Å². The Hall–Kier alpha value is -0.690. The van der Waals surface area contributed by atoms with Gasteiger partial charge in [-0.3, -0.25) is 9.69 Å². The average Bonchev–Trinajstić information content (AvgIpc) is 2.37. The van der Waals surface area contributed by atoms with Crippen LogP contribution < -0.4 is 5.73 Å². The third-order valence-electron chi connectivity index (χ3n) is 3.08. The molecule has 1 amide bonds. The summed E-state index contributed by atoms with van der Waals surface area (Å²) < 4.78 is 5.17. The zero-order valence-electron chi connectivity index (χ0n) is 11.6. The summed E-state index contributed by atoms with van der Waals surface area (Å²) >= 11 is 0. The van der Waals surface area contributed by atoms with Crippen molar-refractivity contribution in [3.63, 3.8) is 0 Å². The molecule has 2 N–H and O–H groups in total. The normalized spacial score (nSPS) is 17.4. The SMILES string of the molecule is CN(C)CCN1CCN(C(=O)COCCN)CC1. The molecule has 6 heteroatoms. The number of carbonyl (C=O) groups excluding carboxylic acids is 1. The van der Waals surface area contributed by atoms with E-state index in [-0.39, 0.29) is 12.5 Å². The molecule has 6 nitrogen and oxygen atoms in total. The predicted octanol–water partition coefficient (Wildman–Crippen LogP) is -1.33. The Labute approximate surface area is 110 Å². The summed E-state index contributed by atoms with van der Waals surface area (Å²) in [4.78, 5) is 18.2. The Bertz CT molecular complexity index is 240. The van der Waals surface area contributed by atoms with Crippen molar-refractivity contribution in [1.82, 2.24) is 14.7 Å². The van der Waals surface area contributed by atoms with Crippen LogP contribution >= 0.6 is 0 Å². The van der Waals surface area contributed by atoms with Crippen LogP contribution in [-0.4, -0.2) is 93.7 Å². The maximum absolute atomic E-state index is 11.8. The van der Waals surface area contributed by atoms with E-state index in [0.29, 0.717) is 13.2 Å². The van der Waals surface area contributed by atoms with Gasteiger partial charge in [-0.1, -0.05) is 0 Å². The molecule has 18 heavy (non-hydrogen) atoms. The number of nitrogens with zero attached hydrogens (tertiary/aromatic N) is 3. The molecule has 0 spiro atoms. The Morgan fingerprint density at radius 3 is 2.50 bits per heavy atom. The average molecular weight is 258 g/mol. The number of nitrogens with two attached hydrogens (primary N) is 1. The predicted molar refractivity (Wildman–Crippen MR) is 71.4 cm³/mol. The highest BCUT2D eigenvalue weighted by atomic mass is 16.5. The van der Waals surface area contributed by atoms with Crippen LogP contribution in [0.15, 0.2) is 0 Å². The van der Waals surface area contributed by atoms with Gasteiger partial charge in [-0.15, -0.1) is 0 Å². The van der Waals surface area contributed by atoms with Crippen LogP contribution in [0.4, 0.5) is 0 Å². The minimum atomic E-state index is 0.0794. The van der Waals surface area contributed by atoms with Crippen molar-refractivity contribution in [3.8, 4) is 0 Å². The van der Waals surface area contributed by atoms with Gasteiger partial charge < -0.3 is 20.3 Å². The Morgan fingerprint density at radius 2 is 1.94 bits per heavy atom. The fraction of sp³-hybridized carbons (Fsp3) is 0.917. The van der Waals surface area contributed by atoms with E-state index in [2.05, 4.69) is 23.9 Å². The number of piperazine rings is 1. The zero-order valence-corrected chi connectivity index (χ0v) is 11.6. The lowest BCUT2D eigenvalue weighted by molar-refractivity contribution is -0.137. The highest BCUT2D eigenvalue weighted by Gasteiger charge is 2.20. The van der Waals surface area contributed by atoms with E-state index in [1.54, 1.807) is 0 Å². The van der Waals surface area contributed by atoms with Crippen molar-refractivity contribution in [2.24, 2.45) is 5.73 Å². The summed E-state index contributed by atoms with van der Waals surface area (Å²) in [6.45, 7) is 6.73. The van der Waals surface area contributed by atoms with Gasteiger partial charge in [0.05, 0.1) is 6.61 Å². The molecular formula is C12H26N4O2. The maximum Gasteiger partial charge on any atom is 0.248 e. The van der Waals surface area contributed by atoms with Gasteiger partial charge in [-0.05, 0) is 14.1 Å². The number of hydrogen-bond acceptors (Lipinski definition) is 5. The lowest BCUT2D eigenvalue weighted by Crippen LogP contribution is -2.50. The zero-order chi connectivity index (χ0) is 13.4. The molecule has 0 saturated carbocycles. The van der Waals surface area contributed by atoms with Gasteiger partial charge >= 0.3 is 0 Å². The molecule has 0 bridgehead atoms. The van der Waals surface area contributed by atoms with E-state index in [9.17, 15) is 4.79 Å². The van der Waals surface area contributed by atoms with Gasteiger partial charge in [-0.25, -0.2) is 0 Å². The van der Waals surface area contributed by atoms with Crippen molar-refractivity contribution in [3.05, 3.63) is 0 Å². The van der Waals surface area contributed by atoms with Crippen molar-refractivity contribution >= 4 is 5.91 Å². The topological polar surface area (TPSA) is 62.0 Å². The van der Waals surface area contributed by atoms with E-state index in [0.717, 1.165) is 39.3 Å². The van der Waals surface area contributed by atoms with Gasteiger partial charge in [-0.2, -0.15) is 0 Å². The number of likely N-dealkylation sites (N-methyl/N-ethyl adjacent to an activating group) is 1. The van der Waals surface area contributed by atoms with Crippen LogP contribution in [0.2, 0.25) is 0 Å². The molecule has 0 unspecified atom stereocenters. The second kappa shape index (κ2) is 8.42. The summed E-state index contributed by atoms with van der Waals surface area (Å²) in [7, 11) is 4.16. The number of rotatable bonds is 7. The standard InChI is InChI=1S/C12H26N4O2/c1-14(2)4-5-15-6-8-16(9-7-15)12(17)11-18-10-3-13/h3-11,13H2,1-2H3. The van der Waals surface area contributed by atoms with E-state index in [1.807, 2.05) is 4.90 Å². The first-order valence-electron chi connectivity index (χ1n) is 6.56. The summed E-state index contributed by atoms with van der Waals surface area (Å²) in [6.07, 6.45) is 0. The summed E-state index contributed by atoms with van der Waals surface area (Å²) in [5.74, 6) is 0.0794. The number of amides is 1. The Balaban J connectivity index is 2.16. The second-order valence-electron chi connectivity index (χ2n) is 4.87. The van der Waals surface area contributed by atoms with Gasteiger partial charge in [0, 0.05) is 45.8 Å². The maximum atomic E-state index is 11.8. The van der Waals surface area contributed by atoms with E-state index < -0.39 is 0 Å². The first-order chi connectivity index (χ1) is 8.63. The molecule has 1 saturated heterocycles. The molecule has 106 valence electrons. The van der Waals surface area contributed by atoms with Crippen LogP contribution in [-0.2, 0) is 9.53 Å². The Kier molecular flexibility index (Phi) is 7.19. The quantitative estimate of drug-likeness (QED) is 0.573. The van der Waals surface area contributed by atoms with Gasteiger partial charge in [0.1, 0.15) is 6.61 Å². The molecule has 1 rings (SSSR count). The molecule has 1 aliphatic heterocycles. The van der Waals surface area contributed by atoms with Crippen LogP contribution in [0.1, 0.15) is 0 Å². The molecule has 0 radical (unpaired) electrons. The third kappa shape index (κ3) is 5.77. The minimum Gasteiger partial charge on any atom is -0.370 e. The fourth-order valence-electron chi connectivity index (χ4n) is 1.90. The first-order valence-corrected chi connectivity index (χ1v) is 6.56. The molecule has 0 atom stereocenters. The molecule has 0 aromatic heterocycles. The minimum absolute atomic E-state index is 0.0794. The molecule has 0 aromatic carbocycles. The Morgan fingerprint density at radius 1 is 1.28 bits per heavy atom. The summed E-state index contributed by atoms with van der Waals surface area (Å²) in [6, 6.07) is 0. The summed E-state index contributed by atoms with van der Waals surface area (Å²) in [5.41, 5.74) is 5.31. The van der Waals surface area contributed by atoms with Crippen molar-refractivity contribution in [1.29, 1.82) is 0 Å². The molecule has 0 aromatic rings. The molecule has 0 aliphatic carbocycles. The van der Waals surface area contributed by atoms with Gasteiger partial charge in [0.15, 0.2) is 0 Å². The highest BCUT2D eigenvalue weighted by molar-refractivity contribution is 5.77. The number of ether oxygens (including phenoxy) is 1. The van der Waals surface area contributed by atoms with Crippen molar-refractivity contribution in [2.75, 3.05) is 73.1 Å². The molecule has 1 aliphatic rings. The van der Waals surface area contributed by atoms with Gasteiger partial charge in [0.25, 0.3) is 0 Å². The fourth-order valence-corrected chi connectivity index (χ4v) is 1.90. The van der Waals surface area contributed by atoms with Crippen LogP contribution in [0.5, 0.6) is 0 Å². The van der Waals surface area contributed by atoms with Crippen molar-refractivity contribution < 1.29 is 9.53 Å². The third-order valence-corrected chi connectivity index (χ3v) is 3.08. The number of carbonyl (C=O) groups is 1. The van der Waals surface area contributed by atoms with Crippen LogP contribution in [0, 0.1) is 0 Å². The monoisotopic (exact) mass is 258 g/mol. The lowest BCUT2D eigenvalue weighted by Gasteiger charge is -2.35. The second-order valence-corrected chi connectivity index (χ2v) is 4.87. The number of hydrogen-bond donors (Lipinski definition) is 1. The molecular weight excluding hydrogens is 232 g/mol. The smallest absolute Gasteiger partial charge is 0.248 e. The summed E-state index contributed by atoms with van der Waals surface area (Å²) in [5, 5.41) is 0. The largest absolute Gasteiger partial charge is 0.370 e. The van der Waals surface area contributed by atoms with Gasteiger partial charge in [0.2, 0.25) is 5.91 Å². The molecule has 1 heterocycles. The van der Waals surface area contributed by atoms with E-state index >= 15 is 0 Å². The van der Waals surface area contributed by atoms with E-state index in [1.165, 1.54) is 0 Å². The van der Waals surface area contributed by atoms with Crippen LogP contribution in [0.3, 0.4) is 0 Å². The lowest BCUT2D eigenvalue weighted by atomic mass is 10.3. The highest BCUT2D eigenvalue weighted by Crippen LogP contribution is 2.02. The molecule has 1 fully saturated rings. The van der Waals surface area contributed by atoms with Crippen molar-refractivity contribution in [2.45, 2.75) is 0 Å². The first kappa shape index (κ1) is 15.4.